The van der Waals surface area contributed by atoms with Crippen molar-refractivity contribution in [3.63, 3.8) is 0 Å². The maximum atomic E-state index is 9.96. The number of hydrogen-bond donors (Lipinski definition) is 2. The second-order valence-corrected chi connectivity index (χ2v) is 5.88. The van der Waals surface area contributed by atoms with Crippen molar-refractivity contribution in [2.24, 2.45) is 0 Å². The van der Waals surface area contributed by atoms with Crippen molar-refractivity contribution < 1.29 is 9.84 Å². The largest absolute Gasteiger partial charge is 0.491 e. The monoisotopic (exact) mass is 349 g/mol. The molecular formula is C17H20BrNO2. The van der Waals surface area contributed by atoms with Crippen LogP contribution in [0.1, 0.15) is 18.5 Å². The van der Waals surface area contributed by atoms with Gasteiger partial charge in [-0.3, -0.25) is 0 Å². The van der Waals surface area contributed by atoms with E-state index in [1.54, 1.807) is 0 Å². The molecule has 0 amide bonds. The lowest BCUT2D eigenvalue weighted by atomic mass is 10.1. The van der Waals surface area contributed by atoms with Crippen LogP contribution in [0.2, 0.25) is 0 Å². The van der Waals surface area contributed by atoms with Gasteiger partial charge >= 0.3 is 0 Å². The van der Waals surface area contributed by atoms with Gasteiger partial charge in [-0.1, -0.05) is 46.3 Å². The summed E-state index contributed by atoms with van der Waals surface area (Å²) in [5, 5.41) is 13.3. The Morgan fingerprint density at radius 2 is 1.90 bits per heavy atom. The average Bonchev–Trinajstić information content (AvgIpc) is 2.51. The zero-order chi connectivity index (χ0) is 15.1. The fraction of sp³-hybridized carbons (Fsp3) is 0.294. The topological polar surface area (TPSA) is 41.5 Å². The third kappa shape index (κ3) is 5.50. The van der Waals surface area contributed by atoms with Crippen molar-refractivity contribution in [1.29, 1.82) is 0 Å². The summed E-state index contributed by atoms with van der Waals surface area (Å²) in [6.07, 6.45) is -0.542. The molecule has 0 radical (unpaired) electrons. The lowest BCUT2D eigenvalue weighted by molar-refractivity contribution is 0.104. The molecule has 2 atom stereocenters. The summed E-state index contributed by atoms with van der Waals surface area (Å²) in [5.74, 6) is 0.775. The Balaban J connectivity index is 1.74. The first-order valence-electron chi connectivity index (χ1n) is 7.00. The minimum atomic E-state index is -0.542. The summed E-state index contributed by atoms with van der Waals surface area (Å²) in [4.78, 5) is 0. The van der Waals surface area contributed by atoms with E-state index in [9.17, 15) is 5.11 Å². The van der Waals surface area contributed by atoms with E-state index in [2.05, 4.69) is 40.3 Å². The van der Waals surface area contributed by atoms with E-state index < -0.39 is 6.10 Å². The van der Waals surface area contributed by atoms with E-state index in [4.69, 9.17) is 4.74 Å². The van der Waals surface area contributed by atoms with Crippen LogP contribution in [0.15, 0.2) is 59.1 Å². The van der Waals surface area contributed by atoms with Crippen molar-refractivity contribution in [2.45, 2.75) is 19.1 Å². The van der Waals surface area contributed by atoms with Crippen molar-refractivity contribution in [1.82, 2.24) is 5.32 Å². The molecule has 2 rings (SSSR count). The zero-order valence-electron chi connectivity index (χ0n) is 12.0. The second kappa shape index (κ2) is 8.17. The Kier molecular flexibility index (Phi) is 6.23. The summed E-state index contributed by atoms with van der Waals surface area (Å²) in [7, 11) is 0. The van der Waals surface area contributed by atoms with E-state index in [0.717, 1.165) is 10.2 Å². The molecule has 3 nitrogen and oxygen atoms in total. The molecule has 112 valence electrons. The SMILES string of the molecule is C[C@H](NCC(O)COc1ccccc1)c1cccc(Br)c1. The van der Waals surface area contributed by atoms with Crippen molar-refractivity contribution in [3.8, 4) is 5.75 Å². The number of hydrogen-bond acceptors (Lipinski definition) is 3. The maximum absolute atomic E-state index is 9.96. The Morgan fingerprint density at radius 3 is 2.62 bits per heavy atom. The lowest BCUT2D eigenvalue weighted by Crippen LogP contribution is -2.33. The third-order valence-corrected chi connectivity index (χ3v) is 3.69. The van der Waals surface area contributed by atoms with Crippen molar-refractivity contribution in [3.05, 3.63) is 64.6 Å². The minimum absolute atomic E-state index is 0.175. The smallest absolute Gasteiger partial charge is 0.119 e. The summed E-state index contributed by atoms with van der Waals surface area (Å²) < 4.78 is 6.58. The molecule has 0 aliphatic heterocycles. The number of ether oxygens (including phenoxy) is 1. The summed E-state index contributed by atoms with van der Waals surface area (Å²) in [6, 6.07) is 17.8. The predicted octanol–water partition coefficient (Wildman–Crippen LogP) is 3.54. The first-order valence-corrected chi connectivity index (χ1v) is 7.79. The molecule has 2 aromatic carbocycles. The number of aliphatic hydroxyl groups excluding tert-OH is 1. The highest BCUT2D eigenvalue weighted by molar-refractivity contribution is 9.10. The molecule has 1 unspecified atom stereocenters. The minimum Gasteiger partial charge on any atom is -0.491 e. The summed E-state index contributed by atoms with van der Waals surface area (Å²) >= 11 is 3.46. The van der Waals surface area contributed by atoms with Crippen LogP contribution in [0.4, 0.5) is 0 Å². The van der Waals surface area contributed by atoms with Gasteiger partial charge in [-0.15, -0.1) is 0 Å². The molecule has 0 aromatic heterocycles. The van der Waals surface area contributed by atoms with Crippen LogP contribution in [-0.2, 0) is 0 Å². The van der Waals surface area contributed by atoms with Gasteiger partial charge in [-0.25, -0.2) is 0 Å². The number of nitrogens with one attached hydrogen (secondary N) is 1. The Bertz CT molecular complexity index is 547. The molecule has 0 aliphatic carbocycles. The Morgan fingerprint density at radius 1 is 1.14 bits per heavy atom. The van der Waals surface area contributed by atoms with Crippen LogP contribution >= 0.6 is 15.9 Å². The molecule has 2 N–H and O–H groups in total. The summed E-state index contributed by atoms with van der Waals surface area (Å²) in [5.41, 5.74) is 1.18. The fourth-order valence-electron chi connectivity index (χ4n) is 1.97. The van der Waals surface area contributed by atoms with E-state index >= 15 is 0 Å². The number of benzene rings is 2. The van der Waals surface area contributed by atoms with E-state index in [1.165, 1.54) is 5.56 Å². The molecule has 0 saturated heterocycles. The van der Waals surface area contributed by atoms with Gasteiger partial charge in [0.05, 0.1) is 0 Å². The van der Waals surface area contributed by atoms with E-state index in [-0.39, 0.29) is 12.6 Å². The van der Waals surface area contributed by atoms with Gasteiger partial charge in [-0.2, -0.15) is 0 Å². The van der Waals surface area contributed by atoms with Crippen LogP contribution in [0, 0.1) is 0 Å². The lowest BCUT2D eigenvalue weighted by Gasteiger charge is -2.18. The Labute approximate surface area is 134 Å². The summed E-state index contributed by atoms with van der Waals surface area (Å²) in [6.45, 7) is 2.84. The van der Waals surface area contributed by atoms with Crippen molar-refractivity contribution in [2.75, 3.05) is 13.2 Å². The third-order valence-electron chi connectivity index (χ3n) is 3.19. The number of halogens is 1. The van der Waals surface area contributed by atoms with Gasteiger partial charge in [0.1, 0.15) is 18.5 Å². The molecule has 4 heteroatoms. The molecular weight excluding hydrogens is 330 g/mol. The van der Waals surface area contributed by atoms with Gasteiger partial charge in [0.2, 0.25) is 0 Å². The van der Waals surface area contributed by atoms with Gasteiger partial charge in [0.25, 0.3) is 0 Å². The van der Waals surface area contributed by atoms with Gasteiger partial charge in [0.15, 0.2) is 0 Å². The van der Waals surface area contributed by atoms with Crippen LogP contribution in [0.5, 0.6) is 5.75 Å². The molecule has 21 heavy (non-hydrogen) atoms. The van der Waals surface area contributed by atoms with Gasteiger partial charge in [0, 0.05) is 17.1 Å². The highest BCUT2D eigenvalue weighted by atomic mass is 79.9. The molecule has 0 saturated carbocycles. The standard InChI is InChI=1S/C17H20BrNO2/c1-13(14-6-5-7-15(18)10-14)19-11-16(20)12-21-17-8-3-2-4-9-17/h2-10,13,16,19-20H,11-12H2,1H3/t13-,16?/m0/s1. The fourth-order valence-corrected chi connectivity index (χ4v) is 2.39. The normalized spacial score (nSPS) is 13.7. The molecule has 0 fully saturated rings. The number of rotatable bonds is 7. The second-order valence-electron chi connectivity index (χ2n) is 4.96. The van der Waals surface area contributed by atoms with Crippen LogP contribution in [0.3, 0.4) is 0 Å². The average molecular weight is 350 g/mol. The Hall–Kier alpha value is -1.36. The van der Waals surface area contributed by atoms with Crippen molar-refractivity contribution >= 4 is 15.9 Å². The van der Waals surface area contributed by atoms with Crippen LogP contribution in [-0.4, -0.2) is 24.4 Å². The highest BCUT2D eigenvalue weighted by Gasteiger charge is 2.09. The first kappa shape index (κ1) is 16.0. The maximum Gasteiger partial charge on any atom is 0.119 e. The van der Waals surface area contributed by atoms with E-state index in [1.807, 2.05) is 42.5 Å². The van der Waals surface area contributed by atoms with Gasteiger partial charge in [-0.05, 0) is 36.8 Å². The van der Waals surface area contributed by atoms with E-state index in [0.29, 0.717) is 6.54 Å². The quantitative estimate of drug-likeness (QED) is 0.803. The van der Waals surface area contributed by atoms with Gasteiger partial charge < -0.3 is 15.2 Å². The van der Waals surface area contributed by atoms with Crippen LogP contribution in [0.25, 0.3) is 0 Å². The molecule has 0 bridgehead atoms. The van der Waals surface area contributed by atoms with Crippen LogP contribution < -0.4 is 10.1 Å². The highest BCUT2D eigenvalue weighted by Crippen LogP contribution is 2.17. The predicted molar refractivity (Wildman–Crippen MR) is 88.5 cm³/mol. The number of aliphatic hydroxyl groups is 1. The number of para-hydroxylation sites is 1. The zero-order valence-corrected chi connectivity index (χ0v) is 13.6. The first-order chi connectivity index (χ1) is 10.1. The molecule has 0 heterocycles. The molecule has 2 aromatic rings. The molecule has 0 aliphatic rings. The molecule has 0 spiro atoms.